The summed E-state index contributed by atoms with van der Waals surface area (Å²) in [5, 5.41) is 2.68. The molecule has 0 bridgehead atoms. The van der Waals surface area contributed by atoms with Gasteiger partial charge >= 0.3 is 6.09 Å². The molecule has 6 heteroatoms. The Hall–Kier alpha value is -4.11. The Labute approximate surface area is 173 Å². The first kappa shape index (κ1) is 18.0. The lowest BCUT2D eigenvalue weighted by Crippen LogP contribution is -2.26. The van der Waals surface area contributed by atoms with Crippen molar-refractivity contribution in [2.45, 2.75) is 5.92 Å². The molecule has 5 rings (SSSR count). The zero-order chi connectivity index (χ0) is 20.3. The normalized spacial score (nSPS) is 12.0. The second kappa shape index (κ2) is 7.72. The molecule has 1 amide bonds. The van der Waals surface area contributed by atoms with Crippen molar-refractivity contribution in [3.8, 4) is 23.0 Å². The number of rotatable bonds is 3. The molecule has 0 saturated carbocycles. The van der Waals surface area contributed by atoms with Gasteiger partial charge in [0.15, 0.2) is 5.65 Å². The molecule has 0 saturated heterocycles. The molecule has 0 unspecified atom stereocenters. The zero-order valence-electron chi connectivity index (χ0n) is 16.1. The van der Waals surface area contributed by atoms with Crippen molar-refractivity contribution in [2.75, 3.05) is 13.2 Å². The average molecular weight is 394 g/mol. The van der Waals surface area contributed by atoms with Crippen LogP contribution in [0.1, 0.15) is 22.6 Å². The summed E-state index contributed by atoms with van der Waals surface area (Å²) >= 11 is 0. The molecule has 6 nitrogen and oxygen atoms in total. The summed E-state index contributed by atoms with van der Waals surface area (Å²) in [4.78, 5) is 23.4. The predicted octanol–water partition coefficient (Wildman–Crippen LogP) is 3.85. The van der Waals surface area contributed by atoms with Crippen molar-refractivity contribution in [1.82, 2.24) is 20.3 Å². The van der Waals surface area contributed by atoms with E-state index in [1.165, 1.54) is 22.3 Å². The number of imidazole rings is 1. The summed E-state index contributed by atoms with van der Waals surface area (Å²) in [5.74, 6) is 5.93. The Morgan fingerprint density at radius 1 is 1.07 bits per heavy atom. The van der Waals surface area contributed by atoms with Gasteiger partial charge in [-0.2, -0.15) is 0 Å². The maximum atomic E-state index is 12.1. The second-order valence-corrected chi connectivity index (χ2v) is 6.98. The van der Waals surface area contributed by atoms with E-state index in [1.54, 1.807) is 12.5 Å². The standard InChI is InChI=1S/C24H18N4O2/c29-24(25-11-5-6-16-12-22-23(26-13-16)28-15-27-22)30-14-21-19-9-3-1-7-17(19)18-8-2-4-10-20(18)21/h1-4,7-10,12-13,15,21H,11,14H2,(H,25,29)(H,26,27,28). The molecular weight excluding hydrogens is 376 g/mol. The minimum atomic E-state index is -0.478. The zero-order valence-corrected chi connectivity index (χ0v) is 16.1. The maximum Gasteiger partial charge on any atom is 0.407 e. The van der Waals surface area contributed by atoms with Gasteiger partial charge in [0.1, 0.15) is 6.61 Å². The fraction of sp³-hybridized carbons (Fsp3) is 0.125. The quantitative estimate of drug-likeness (QED) is 0.517. The lowest BCUT2D eigenvalue weighted by atomic mass is 9.98. The number of carbonyl (C=O) groups is 1. The van der Waals surface area contributed by atoms with E-state index in [-0.39, 0.29) is 19.1 Å². The Bertz CT molecular complexity index is 1250. The van der Waals surface area contributed by atoms with Crippen molar-refractivity contribution < 1.29 is 9.53 Å². The monoisotopic (exact) mass is 394 g/mol. The highest BCUT2D eigenvalue weighted by Gasteiger charge is 2.28. The number of hydrogen-bond donors (Lipinski definition) is 2. The van der Waals surface area contributed by atoms with Crippen LogP contribution in [0.25, 0.3) is 22.3 Å². The number of nitrogens with zero attached hydrogens (tertiary/aromatic N) is 2. The van der Waals surface area contributed by atoms with Gasteiger partial charge in [0.05, 0.1) is 18.4 Å². The van der Waals surface area contributed by atoms with Crippen LogP contribution in [-0.2, 0) is 4.74 Å². The highest BCUT2D eigenvalue weighted by atomic mass is 16.5. The molecule has 2 aromatic carbocycles. The number of ether oxygens (including phenoxy) is 1. The first-order valence-electron chi connectivity index (χ1n) is 9.66. The molecule has 0 fully saturated rings. The molecule has 2 heterocycles. The van der Waals surface area contributed by atoms with Crippen LogP contribution in [0.3, 0.4) is 0 Å². The average Bonchev–Trinajstić information content (AvgIpc) is 3.37. The van der Waals surface area contributed by atoms with E-state index in [0.717, 1.165) is 11.1 Å². The molecule has 2 aromatic heterocycles. The first-order chi connectivity index (χ1) is 14.8. The van der Waals surface area contributed by atoms with E-state index in [4.69, 9.17) is 4.74 Å². The van der Waals surface area contributed by atoms with Crippen LogP contribution in [0.4, 0.5) is 4.79 Å². The number of fused-ring (bicyclic) bond motifs is 4. The van der Waals surface area contributed by atoms with Crippen LogP contribution in [0.5, 0.6) is 0 Å². The van der Waals surface area contributed by atoms with Gasteiger partial charge in [-0.25, -0.2) is 14.8 Å². The highest BCUT2D eigenvalue weighted by molar-refractivity contribution is 5.79. The topological polar surface area (TPSA) is 79.9 Å². The summed E-state index contributed by atoms with van der Waals surface area (Å²) in [6.07, 6.45) is 2.77. The van der Waals surface area contributed by atoms with E-state index in [1.807, 2.05) is 30.3 Å². The third-order valence-corrected chi connectivity index (χ3v) is 5.17. The number of hydrogen-bond acceptors (Lipinski definition) is 4. The van der Waals surface area contributed by atoms with Gasteiger partial charge < -0.3 is 15.0 Å². The number of aromatic nitrogens is 3. The molecule has 0 spiro atoms. The fourth-order valence-corrected chi connectivity index (χ4v) is 3.81. The molecular formula is C24H18N4O2. The Balaban J connectivity index is 1.19. The fourth-order valence-electron chi connectivity index (χ4n) is 3.81. The molecule has 146 valence electrons. The van der Waals surface area contributed by atoms with Crippen molar-refractivity contribution in [1.29, 1.82) is 0 Å². The van der Waals surface area contributed by atoms with Crippen LogP contribution in [0.2, 0.25) is 0 Å². The number of carbonyl (C=O) groups excluding carboxylic acids is 1. The highest BCUT2D eigenvalue weighted by Crippen LogP contribution is 2.44. The van der Waals surface area contributed by atoms with Crippen molar-refractivity contribution in [3.05, 3.63) is 83.8 Å². The number of benzene rings is 2. The van der Waals surface area contributed by atoms with Crippen molar-refractivity contribution >= 4 is 17.3 Å². The van der Waals surface area contributed by atoms with Crippen LogP contribution in [0, 0.1) is 11.8 Å². The lowest BCUT2D eigenvalue weighted by Gasteiger charge is -2.14. The first-order valence-corrected chi connectivity index (χ1v) is 9.66. The van der Waals surface area contributed by atoms with Gasteiger partial charge in [0.2, 0.25) is 0 Å². The number of H-pyrrole nitrogens is 1. The summed E-state index contributed by atoms with van der Waals surface area (Å²) in [7, 11) is 0. The number of aromatic amines is 1. The van der Waals surface area contributed by atoms with E-state index in [9.17, 15) is 4.79 Å². The van der Waals surface area contributed by atoms with Crippen molar-refractivity contribution in [3.63, 3.8) is 0 Å². The smallest absolute Gasteiger partial charge is 0.407 e. The number of alkyl carbamates (subject to hydrolysis) is 1. The lowest BCUT2D eigenvalue weighted by molar-refractivity contribution is 0.144. The van der Waals surface area contributed by atoms with E-state index in [0.29, 0.717) is 5.65 Å². The third kappa shape index (κ3) is 3.38. The third-order valence-electron chi connectivity index (χ3n) is 5.17. The van der Waals surface area contributed by atoms with E-state index < -0.39 is 6.09 Å². The summed E-state index contributed by atoms with van der Waals surface area (Å²) in [5.41, 5.74) is 7.01. The molecule has 30 heavy (non-hydrogen) atoms. The maximum absolute atomic E-state index is 12.1. The van der Waals surface area contributed by atoms with Gasteiger partial charge in [-0.05, 0) is 28.3 Å². The minimum Gasteiger partial charge on any atom is -0.449 e. The summed E-state index contributed by atoms with van der Waals surface area (Å²) in [6, 6.07) is 18.4. The molecule has 0 aliphatic heterocycles. The van der Waals surface area contributed by atoms with Crippen LogP contribution < -0.4 is 5.32 Å². The molecule has 1 aliphatic rings. The molecule has 0 atom stereocenters. The Kier molecular flexibility index (Phi) is 4.62. The minimum absolute atomic E-state index is 0.0430. The second-order valence-electron chi connectivity index (χ2n) is 6.98. The van der Waals surface area contributed by atoms with Crippen LogP contribution in [-0.4, -0.2) is 34.2 Å². The van der Waals surface area contributed by atoms with Crippen LogP contribution in [0.15, 0.2) is 67.1 Å². The number of pyridine rings is 1. The predicted molar refractivity (Wildman–Crippen MR) is 114 cm³/mol. The van der Waals surface area contributed by atoms with Crippen molar-refractivity contribution in [2.24, 2.45) is 0 Å². The molecule has 0 radical (unpaired) electrons. The molecule has 2 N–H and O–H groups in total. The van der Waals surface area contributed by atoms with E-state index >= 15 is 0 Å². The molecule has 1 aliphatic carbocycles. The molecule has 4 aromatic rings. The van der Waals surface area contributed by atoms with Gasteiger partial charge in [-0.1, -0.05) is 60.4 Å². The SMILES string of the molecule is O=C(NCC#Cc1cnc2nc[nH]c2c1)OCC1c2ccccc2-c2ccccc21. The number of amides is 1. The van der Waals surface area contributed by atoms with Gasteiger partial charge in [0.25, 0.3) is 0 Å². The Morgan fingerprint density at radius 2 is 1.80 bits per heavy atom. The summed E-state index contributed by atoms with van der Waals surface area (Å²) in [6.45, 7) is 0.478. The van der Waals surface area contributed by atoms with Gasteiger partial charge in [-0.3, -0.25) is 0 Å². The largest absolute Gasteiger partial charge is 0.449 e. The van der Waals surface area contributed by atoms with Crippen LogP contribution >= 0.6 is 0 Å². The van der Waals surface area contributed by atoms with E-state index in [2.05, 4.69) is 56.4 Å². The summed E-state index contributed by atoms with van der Waals surface area (Å²) < 4.78 is 5.50. The Morgan fingerprint density at radius 3 is 2.57 bits per heavy atom. The number of nitrogens with one attached hydrogen (secondary N) is 2. The van der Waals surface area contributed by atoms with Gasteiger partial charge in [-0.15, -0.1) is 0 Å². The van der Waals surface area contributed by atoms with Gasteiger partial charge in [0, 0.05) is 17.7 Å².